The highest BCUT2D eigenvalue weighted by Crippen LogP contribution is 2.25. The van der Waals surface area contributed by atoms with Gasteiger partial charge in [-0.25, -0.2) is 0 Å². The number of thioether (sulfide) groups is 1. The zero-order valence-corrected chi connectivity index (χ0v) is 20.9. The Morgan fingerprint density at radius 3 is 2.23 bits per heavy atom. The molecule has 2 unspecified atom stereocenters. The second kappa shape index (κ2) is 19.7. The van der Waals surface area contributed by atoms with Gasteiger partial charge < -0.3 is 5.11 Å². The number of benzene rings is 1. The van der Waals surface area contributed by atoms with Crippen LogP contribution >= 0.6 is 35.0 Å². The van der Waals surface area contributed by atoms with Crippen LogP contribution in [-0.4, -0.2) is 40.9 Å². The summed E-state index contributed by atoms with van der Waals surface area (Å²) in [4.78, 5) is 4.39. The molecule has 0 bridgehead atoms. The van der Waals surface area contributed by atoms with Gasteiger partial charge in [0.1, 0.15) is 6.23 Å². The zero-order chi connectivity index (χ0) is 24.3. The molecule has 1 aliphatic heterocycles. The Balaban J connectivity index is 0. The quantitative estimate of drug-likeness (QED) is 0.315. The Morgan fingerprint density at radius 2 is 1.77 bits per heavy atom. The highest BCUT2D eigenvalue weighted by Gasteiger charge is 2.26. The first kappa shape index (κ1) is 32.2. The fourth-order valence-electron chi connectivity index (χ4n) is 1.91. The molecule has 0 aromatic heterocycles. The molecule has 0 amide bonds. The molecule has 1 aliphatic rings. The lowest BCUT2D eigenvalue weighted by Gasteiger charge is -2.15. The number of aliphatic hydroxyl groups is 1. The molecule has 2 rings (SSSR count). The summed E-state index contributed by atoms with van der Waals surface area (Å²) in [6.07, 6.45) is -1.34. The number of rotatable bonds is 6. The second-order valence-corrected chi connectivity index (χ2v) is 7.08. The molecule has 9 heteroatoms. The van der Waals surface area contributed by atoms with Crippen molar-refractivity contribution in [1.29, 1.82) is 0 Å². The summed E-state index contributed by atoms with van der Waals surface area (Å²) in [7, 11) is 0. The fraction of sp³-hybridized carbons (Fsp3) is 0.500. The van der Waals surface area contributed by atoms with E-state index in [4.69, 9.17) is 23.2 Å². The number of halogens is 5. The number of nitrogens with zero attached hydrogens (tertiary/aromatic N) is 1. The highest BCUT2D eigenvalue weighted by molar-refractivity contribution is 8.14. The smallest absolute Gasteiger partial charge is 0.376 e. The summed E-state index contributed by atoms with van der Waals surface area (Å²) >= 11 is 12.4. The summed E-state index contributed by atoms with van der Waals surface area (Å²) < 4.78 is 35.8. The second-order valence-electron chi connectivity index (χ2n) is 5.39. The van der Waals surface area contributed by atoms with E-state index < -0.39 is 18.4 Å². The lowest BCUT2D eigenvalue weighted by atomic mass is 10.2. The number of hydrogen-bond acceptors (Lipinski definition) is 4. The van der Waals surface area contributed by atoms with Gasteiger partial charge in [-0.1, -0.05) is 82.1 Å². The van der Waals surface area contributed by atoms with Crippen LogP contribution in [0.1, 0.15) is 46.6 Å². The maximum Gasteiger partial charge on any atom is 0.409 e. The van der Waals surface area contributed by atoms with Crippen LogP contribution < -0.4 is 5.32 Å². The first-order valence-electron chi connectivity index (χ1n) is 10.1. The van der Waals surface area contributed by atoms with Crippen LogP contribution in [0.25, 0.3) is 0 Å². The van der Waals surface area contributed by atoms with Crippen molar-refractivity contribution in [2.24, 2.45) is 4.99 Å². The van der Waals surface area contributed by atoms with Gasteiger partial charge in [-0.3, -0.25) is 10.3 Å². The van der Waals surface area contributed by atoms with Crippen LogP contribution in [0.5, 0.6) is 0 Å². The molecule has 0 fully saturated rings. The lowest BCUT2D eigenvalue weighted by molar-refractivity contribution is -0.0800. The predicted octanol–water partition coefficient (Wildman–Crippen LogP) is 7.43. The van der Waals surface area contributed by atoms with Crippen molar-refractivity contribution in [3.63, 3.8) is 0 Å². The number of alkyl halides is 3. The molecule has 0 aliphatic carbocycles. The van der Waals surface area contributed by atoms with E-state index in [1.54, 1.807) is 12.1 Å². The first-order valence-corrected chi connectivity index (χ1v) is 11.9. The van der Waals surface area contributed by atoms with E-state index in [1.165, 1.54) is 17.3 Å². The van der Waals surface area contributed by atoms with Gasteiger partial charge in [-0.2, -0.15) is 13.2 Å². The third-order valence-corrected chi connectivity index (χ3v) is 4.76. The van der Waals surface area contributed by atoms with Gasteiger partial charge in [-0.15, -0.1) is 11.8 Å². The van der Waals surface area contributed by atoms with Crippen LogP contribution in [0.3, 0.4) is 0 Å². The predicted molar refractivity (Wildman–Crippen MR) is 131 cm³/mol. The fourth-order valence-corrected chi connectivity index (χ4v) is 3.31. The van der Waals surface area contributed by atoms with Gasteiger partial charge in [0.25, 0.3) is 0 Å². The van der Waals surface area contributed by atoms with Crippen LogP contribution in [0.4, 0.5) is 13.2 Å². The van der Waals surface area contributed by atoms with Crippen molar-refractivity contribution < 1.29 is 18.3 Å². The Morgan fingerprint density at radius 1 is 1.19 bits per heavy atom. The standard InChI is InChI=1S/C14H14ClF3N2OS.C4H7Cl.2C2H6/c15-10-4-2-9(3-5-10)13-20-11(8-22-13)12(21)19-7-1-6-14(16,17)18;1-2-3-4-5;2*1-2/h1-6,11-12,19,21H,7-8H2;3-4H,2H2,1H3;2*1-2H3/b6-1+;4-3+;;. The topological polar surface area (TPSA) is 44.6 Å². The zero-order valence-electron chi connectivity index (χ0n) is 18.6. The van der Waals surface area contributed by atoms with Crippen LogP contribution in [0.2, 0.25) is 5.02 Å². The van der Waals surface area contributed by atoms with Crippen molar-refractivity contribution in [3.8, 4) is 0 Å². The van der Waals surface area contributed by atoms with Gasteiger partial charge in [-0.05, 0) is 18.6 Å². The summed E-state index contributed by atoms with van der Waals surface area (Å²) in [5, 5.41) is 13.9. The van der Waals surface area contributed by atoms with Crippen LogP contribution in [0.15, 0.2) is 53.0 Å². The minimum Gasteiger partial charge on any atom is -0.376 e. The van der Waals surface area contributed by atoms with Gasteiger partial charge in [0.15, 0.2) is 0 Å². The molecule has 2 atom stereocenters. The number of allylic oxidation sites excluding steroid dienone is 2. The minimum absolute atomic E-state index is 0.0758. The third-order valence-electron chi connectivity index (χ3n) is 3.21. The molecule has 178 valence electrons. The van der Waals surface area contributed by atoms with E-state index in [-0.39, 0.29) is 12.6 Å². The van der Waals surface area contributed by atoms with E-state index in [1.807, 2.05) is 52.8 Å². The van der Waals surface area contributed by atoms with Crippen molar-refractivity contribution in [1.82, 2.24) is 5.32 Å². The van der Waals surface area contributed by atoms with Gasteiger partial charge in [0, 0.05) is 34.5 Å². The lowest BCUT2D eigenvalue weighted by Crippen LogP contribution is -2.39. The molecule has 2 N–H and O–H groups in total. The first-order chi connectivity index (χ1) is 14.8. The Hall–Kier alpha value is -0.990. The molecule has 1 aromatic rings. The summed E-state index contributed by atoms with van der Waals surface area (Å²) in [5.41, 5.74) is 2.43. The number of aliphatic hydroxyl groups excluding tert-OH is 1. The van der Waals surface area contributed by atoms with Gasteiger partial charge >= 0.3 is 6.18 Å². The molecule has 0 saturated heterocycles. The average molecular weight is 501 g/mol. The molecule has 0 saturated carbocycles. The van der Waals surface area contributed by atoms with Gasteiger partial charge in [0.05, 0.1) is 11.1 Å². The number of aliphatic imine (C=N–C) groups is 1. The van der Waals surface area contributed by atoms with E-state index in [0.717, 1.165) is 23.1 Å². The van der Waals surface area contributed by atoms with E-state index in [0.29, 0.717) is 10.8 Å². The maximum absolute atomic E-state index is 11.9. The molecule has 31 heavy (non-hydrogen) atoms. The summed E-state index contributed by atoms with van der Waals surface area (Å²) in [6, 6.07) is 6.79. The SMILES string of the molecule is CC.CC.CC/C=C/Cl.OC(NC/C=C/C(F)(F)F)C1CSC(c2ccc(Cl)cc2)=N1. The van der Waals surface area contributed by atoms with Crippen molar-refractivity contribution >= 4 is 40.0 Å². The van der Waals surface area contributed by atoms with Crippen molar-refractivity contribution in [3.05, 3.63) is 58.6 Å². The molecule has 3 nitrogen and oxygen atoms in total. The Bertz CT molecular complexity index is 651. The van der Waals surface area contributed by atoms with Crippen LogP contribution in [0, 0.1) is 0 Å². The minimum atomic E-state index is -4.34. The normalized spacial score (nSPS) is 16.5. The molecule has 0 radical (unpaired) electrons. The highest BCUT2D eigenvalue weighted by atomic mass is 35.5. The molecular formula is C22H33Cl2F3N2OS. The van der Waals surface area contributed by atoms with Crippen molar-refractivity contribution in [2.45, 2.75) is 59.5 Å². The molecule has 1 heterocycles. The largest absolute Gasteiger partial charge is 0.409 e. The average Bonchev–Trinajstić information content (AvgIpc) is 3.25. The van der Waals surface area contributed by atoms with Gasteiger partial charge in [0.2, 0.25) is 0 Å². The van der Waals surface area contributed by atoms with E-state index in [9.17, 15) is 18.3 Å². The monoisotopic (exact) mass is 500 g/mol. The van der Waals surface area contributed by atoms with Crippen LogP contribution in [-0.2, 0) is 0 Å². The molecule has 1 aromatic carbocycles. The third kappa shape index (κ3) is 16.3. The number of hydrogen-bond donors (Lipinski definition) is 2. The van der Waals surface area contributed by atoms with E-state index >= 15 is 0 Å². The molecule has 0 spiro atoms. The van der Waals surface area contributed by atoms with Crippen molar-refractivity contribution in [2.75, 3.05) is 12.3 Å². The maximum atomic E-state index is 11.9. The van der Waals surface area contributed by atoms with E-state index in [2.05, 4.69) is 10.3 Å². The Kier molecular flexibility index (Phi) is 20.4. The summed E-state index contributed by atoms with van der Waals surface area (Å²) in [5.74, 6) is 0.565. The molecular weight excluding hydrogens is 468 g/mol. The Labute approximate surface area is 198 Å². The number of nitrogens with one attached hydrogen (secondary N) is 1. The summed E-state index contributed by atoms with van der Waals surface area (Å²) in [6.45, 7) is 9.96.